The number of hydrogen-bond acceptors (Lipinski definition) is 1. The molecule has 0 aromatic carbocycles. The fraction of sp³-hybridized carbons (Fsp3) is 1.00. The summed E-state index contributed by atoms with van der Waals surface area (Å²) in [5.41, 5.74) is 0.553. The molecule has 1 heteroatoms. The second kappa shape index (κ2) is 7.41. The lowest BCUT2D eigenvalue weighted by Crippen LogP contribution is -2.40. The van der Waals surface area contributed by atoms with Crippen molar-refractivity contribution < 1.29 is 0 Å². The van der Waals surface area contributed by atoms with Gasteiger partial charge < -0.3 is 5.32 Å². The van der Waals surface area contributed by atoms with Gasteiger partial charge in [0.2, 0.25) is 0 Å². The lowest BCUT2D eigenvalue weighted by atomic mass is 9.70. The van der Waals surface area contributed by atoms with Crippen molar-refractivity contribution in [3.05, 3.63) is 0 Å². The van der Waals surface area contributed by atoms with Crippen LogP contribution < -0.4 is 5.32 Å². The van der Waals surface area contributed by atoms with Crippen molar-refractivity contribution in [1.82, 2.24) is 5.32 Å². The molecule has 0 amide bonds. The Morgan fingerprint density at radius 2 is 1.76 bits per heavy atom. The van der Waals surface area contributed by atoms with Crippen LogP contribution in [0.2, 0.25) is 0 Å². The molecule has 0 heterocycles. The van der Waals surface area contributed by atoms with E-state index in [0.29, 0.717) is 5.41 Å². The maximum Gasteiger partial charge on any atom is 0.00746 e. The van der Waals surface area contributed by atoms with Crippen LogP contribution in [0, 0.1) is 11.3 Å². The summed E-state index contributed by atoms with van der Waals surface area (Å²) in [6.45, 7) is 10.8. The first-order chi connectivity index (χ1) is 8.03. The van der Waals surface area contributed by atoms with E-state index in [1.807, 2.05) is 0 Å². The number of rotatable bonds is 7. The van der Waals surface area contributed by atoms with Crippen LogP contribution in [0.3, 0.4) is 0 Å². The number of nitrogens with one attached hydrogen (secondary N) is 1. The molecule has 1 fully saturated rings. The monoisotopic (exact) mass is 239 g/mol. The first-order valence-electron chi connectivity index (χ1n) is 7.77. The van der Waals surface area contributed by atoms with Crippen LogP contribution in [-0.2, 0) is 0 Å². The summed E-state index contributed by atoms with van der Waals surface area (Å²) in [6, 6.07) is 0.778. The Bertz CT molecular complexity index is 198. The summed E-state index contributed by atoms with van der Waals surface area (Å²) < 4.78 is 0. The highest BCUT2D eigenvalue weighted by atomic mass is 14.9. The zero-order valence-corrected chi connectivity index (χ0v) is 12.5. The zero-order valence-electron chi connectivity index (χ0n) is 12.5. The number of hydrogen-bond donors (Lipinski definition) is 1. The van der Waals surface area contributed by atoms with Gasteiger partial charge in [0, 0.05) is 6.04 Å². The van der Waals surface area contributed by atoms with E-state index in [1.54, 1.807) is 0 Å². The maximum atomic E-state index is 3.78. The predicted octanol–water partition coefficient (Wildman–Crippen LogP) is 4.76. The van der Waals surface area contributed by atoms with E-state index in [0.717, 1.165) is 12.0 Å². The fourth-order valence-electron chi connectivity index (χ4n) is 3.54. The molecule has 0 aromatic heterocycles. The zero-order chi connectivity index (χ0) is 12.7. The molecule has 2 atom stereocenters. The molecule has 102 valence electrons. The molecule has 17 heavy (non-hydrogen) atoms. The van der Waals surface area contributed by atoms with Gasteiger partial charge >= 0.3 is 0 Å². The Labute approximate surface area is 109 Å². The highest BCUT2D eigenvalue weighted by Crippen LogP contribution is 2.38. The third kappa shape index (κ3) is 6.45. The van der Waals surface area contributed by atoms with Crippen molar-refractivity contribution in [1.29, 1.82) is 0 Å². The van der Waals surface area contributed by atoms with Crippen LogP contribution in [0.5, 0.6) is 0 Å². The Kier molecular flexibility index (Phi) is 6.54. The van der Waals surface area contributed by atoms with Crippen LogP contribution in [0.15, 0.2) is 0 Å². The van der Waals surface area contributed by atoms with E-state index < -0.39 is 0 Å². The minimum Gasteiger partial charge on any atom is -0.314 e. The second-order valence-corrected chi connectivity index (χ2v) is 6.98. The van der Waals surface area contributed by atoms with Crippen molar-refractivity contribution in [2.75, 3.05) is 6.54 Å². The lowest BCUT2D eigenvalue weighted by molar-refractivity contribution is 0.151. The van der Waals surface area contributed by atoms with Crippen molar-refractivity contribution >= 4 is 0 Å². The fourth-order valence-corrected chi connectivity index (χ4v) is 3.54. The van der Waals surface area contributed by atoms with Crippen LogP contribution in [0.4, 0.5) is 0 Å². The van der Waals surface area contributed by atoms with E-state index in [2.05, 4.69) is 33.0 Å². The molecule has 1 saturated carbocycles. The first kappa shape index (κ1) is 15.0. The molecule has 1 nitrogen and oxygen atoms in total. The van der Waals surface area contributed by atoms with Gasteiger partial charge in [-0.3, -0.25) is 0 Å². The summed E-state index contributed by atoms with van der Waals surface area (Å²) in [4.78, 5) is 0. The van der Waals surface area contributed by atoms with E-state index in [4.69, 9.17) is 0 Å². The molecule has 0 bridgehead atoms. The van der Waals surface area contributed by atoms with Crippen LogP contribution in [0.25, 0.3) is 0 Å². The highest BCUT2D eigenvalue weighted by Gasteiger charge is 2.31. The van der Waals surface area contributed by atoms with E-state index in [-0.39, 0.29) is 0 Å². The van der Waals surface area contributed by atoms with Gasteiger partial charge in [-0.15, -0.1) is 0 Å². The van der Waals surface area contributed by atoms with Gasteiger partial charge in [-0.05, 0) is 43.6 Å². The minimum absolute atomic E-state index is 0.553. The van der Waals surface area contributed by atoms with Crippen molar-refractivity contribution in [2.45, 2.75) is 85.1 Å². The van der Waals surface area contributed by atoms with Crippen molar-refractivity contribution in [3.8, 4) is 0 Å². The second-order valence-electron chi connectivity index (χ2n) is 6.98. The third-order valence-corrected chi connectivity index (χ3v) is 4.10. The lowest BCUT2D eigenvalue weighted by Gasteiger charge is -2.39. The first-order valence-corrected chi connectivity index (χ1v) is 7.77. The molecule has 0 radical (unpaired) electrons. The Morgan fingerprint density at radius 1 is 1.06 bits per heavy atom. The van der Waals surface area contributed by atoms with Gasteiger partial charge in [-0.1, -0.05) is 53.4 Å². The Balaban J connectivity index is 2.10. The average Bonchev–Trinajstić information content (AvgIpc) is 2.20. The van der Waals surface area contributed by atoms with E-state index >= 15 is 0 Å². The molecule has 0 saturated heterocycles. The molecule has 1 aliphatic carbocycles. The van der Waals surface area contributed by atoms with E-state index in [1.165, 1.54) is 57.9 Å². The Hall–Kier alpha value is -0.0400. The van der Waals surface area contributed by atoms with Crippen LogP contribution in [0.1, 0.15) is 79.1 Å². The summed E-state index contributed by atoms with van der Waals surface area (Å²) in [5.74, 6) is 0.899. The van der Waals surface area contributed by atoms with E-state index in [9.17, 15) is 0 Å². The van der Waals surface area contributed by atoms with Gasteiger partial charge in [0.05, 0.1) is 0 Å². The SMILES string of the molecule is CCCCCCCNC1CC(C)CC(C)(C)C1. The summed E-state index contributed by atoms with van der Waals surface area (Å²) in [6.07, 6.45) is 11.1. The molecule has 0 spiro atoms. The normalized spacial score (nSPS) is 28.2. The van der Waals surface area contributed by atoms with Gasteiger partial charge in [0.25, 0.3) is 0 Å². The highest BCUT2D eigenvalue weighted by molar-refractivity contribution is 4.86. The van der Waals surface area contributed by atoms with Gasteiger partial charge in [0.1, 0.15) is 0 Å². The topological polar surface area (TPSA) is 12.0 Å². The standard InChI is InChI=1S/C16H33N/c1-5-6-7-8-9-10-17-15-11-14(2)12-16(3,4)13-15/h14-15,17H,5-13H2,1-4H3. The molecule has 2 unspecified atom stereocenters. The van der Waals surface area contributed by atoms with Gasteiger partial charge in [-0.25, -0.2) is 0 Å². The quantitative estimate of drug-likeness (QED) is 0.632. The maximum absolute atomic E-state index is 3.78. The van der Waals surface area contributed by atoms with Crippen LogP contribution in [-0.4, -0.2) is 12.6 Å². The molecule has 1 rings (SSSR count). The molecule has 0 aromatic rings. The molecule has 1 aliphatic rings. The molecule has 1 N–H and O–H groups in total. The molecular weight excluding hydrogens is 206 g/mol. The summed E-state index contributed by atoms with van der Waals surface area (Å²) in [7, 11) is 0. The largest absolute Gasteiger partial charge is 0.314 e. The summed E-state index contributed by atoms with van der Waals surface area (Å²) >= 11 is 0. The molecule has 0 aliphatic heterocycles. The average molecular weight is 239 g/mol. The smallest absolute Gasteiger partial charge is 0.00746 e. The predicted molar refractivity (Wildman–Crippen MR) is 77.3 cm³/mol. The van der Waals surface area contributed by atoms with Gasteiger partial charge in [-0.2, -0.15) is 0 Å². The van der Waals surface area contributed by atoms with Crippen molar-refractivity contribution in [2.24, 2.45) is 11.3 Å². The Morgan fingerprint density at radius 3 is 2.41 bits per heavy atom. The third-order valence-electron chi connectivity index (χ3n) is 4.10. The number of unbranched alkanes of at least 4 members (excludes halogenated alkanes) is 4. The minimum atomic E-state index is 0.553. The van der Waals surface area contributed by atoms with Crippen LogP contribution >= 0.6 is 0 Å². The molecular formula is C16H33N. The van der Waals surface area contributed by atoms with Crippen molar-refractivity contribution in [3.63, 3.8) is 0 Å². The van der Waals surface area contributed by atoms with Gasteiger partial charge in [0.15, 0.2) is 0 Å². The summed E-state index contributed by atoms with van der Waals surface area (Å²) in [5, 5.41) is 3.78.